The first-order valence-corrected chi connectivity index (χ1v) is 2.05. The Morgan fingerprint density at radius 3 is 2.43 bits per heavy atom. The Balaban J connectivity index is 3.36. The van der Waals surface area contributed by atoms with Gasteiger partial charge >= 0.3 is 0 Å². The summed E-state index contributed by atoms with van der Waals surface area (Å²) < 4.78 is 0. The topological polar surface area (TPSA) is 17.1 Å². The third kappa shape index (κ3) is 2.97. The van der Waals surface area contributed by atoms with Gasteiger partial charge in [-0.2, -0.15) is 0 Å². The molecule has 0 fully saturated rings. The Morgan fingerprint density at radius 2 is 2.29 bits per heavy atom. The summed E-state index contributed by atoms with van der Waals surface area (Å²) in [5.74, 6) is 0. The van der Waals surface area contributed by atoms with E-state index in [1.165, 1.54) is 0 Å². The number of hydrogen-bond acceptors (Lipinski definition) is 1. The normalized spacial score (nSPS) is 7.43. The Labute approximate surface area is 43.3 Å². The molecule has 0 aliphatic carbocycles. The van der Waals surface area contributed by atoms with Crippen molar-refractivity contribution < 1.29 is 4.79 Å². The molecule has 0 aliphatic rings. The zero-order valence-electron chi connectivity index (χ0n) is 4.18. The highest BCUT2D eigenvalue weighted by Gasteiger charge is 1.80. The Bertz CT molecular complexity index is 92.4. The minimum Gasteiger partial charge on any atom is -0.298 e. The monoisotopic (exact) mass is 96.1 g/mol. The van der Waals surface area contributed by atoms with Gasteiger partial charge in [0.05, 0.1) is 0 Å². The molecule has 0 amide bonds. The van der Waals surface area contributed by atoms with Crippen LogP contribution in [0.4, 0.5) is 0 Å². The molecule has 0 aromatic rings. The van der Waals surface area contributed by atoms with Crippen molar-refractivity contribution in [1.82, 2.24) is 0 Å². The second kappa shape index (κ2) is 3.34. The molecular weight excluding hydrogens is 88.1 g/mol. The van der Waals surface area contributed by atoms with E-state index >= 15 is 0 Å². The Hall–Kier alpha value is -0.850. The third-order valence-electron chi connectivity index (χ3n) is 0.573. The van der Waals surface area contributed by atoms with E-state index in [4.69, 9.17) is 0 Å². The lowest BCUT2D eigenvalue weighted by Crippen LogP contribution is -1.75. The second-order valence-corrected chi connectivity index (χ2v) is 1.27. The van der Waals surface area contributed by atoms with Crippen molar-refractivity contribution in [3.8, 4) is 0 Å². The van der Waals surface area contributed by atoms with E-state index < -0.39 is 0 Å². The van der Waals surface area contributed by atoms with E-state index in [1.807, 2.05) is 0 Å². The van der Waals surface area contributed by atoms with Gasteiger partial charge in [-0.25, -0.2) is 0 Å². The number of hydrogen-bond donors (Lipinski definition) is 0. The molecule has 0 saturated heterocycles. The fourth-order valence-corrected chi connectivity index (χ4v) is 0.234. The first-order chi connectivity index (χ1) is 3.31. The van der Waals surface area contributed by atoms with Crippen molar-refractivity contribution >= 4 is 6.29 Å². The Kier molecular flexibility index (Phi) is 2.94. The van der Waals surface area contributed by atoms with E-state index in [0.717, 1.165) is 6.29 Å². The minimum atomic E-state index is 0.579. The second-order valence-electron chi connectivity index (χ2n) is 1.27. The molecule has 0 heterocycles. The molecule has 0 bridgehead atoms. The number of carbonyl (C=O) groups excluding carboxylic acids is 1. The van der Waals surface area contributed by atoms with Gasteiger partial charge in [0.25, 0.3) is 0 Å². The van der Waals surface area contributed by atoms with Crippen LogP contribution in [0.3, 0.4) is 0 Å². The third-order valence-corrected chi connectivity index (χ3v) is 0.573. The van der Waals surface area contributed by atoms with E-state index in [0.29, 0.717) is 12.0 Å². The molecule has 1 heteroatoms. The summed E-state index contributed by atoms with van der Waals surface area (Å²) in [5, 5.41) is 0. The summed E-state index contributed by atoms with van der Waals surface area (Å²) in [5.41, 5.74) is 0.579. The fourth-order valence-electron chi connectivity index (χ4n) is 0.234. The summed E-state index contributed by atoms with van der Waals surface area (Å²) in [7, 11) is 0. The van der Waals surface area contributed by atoms with Crippen molar-refractivity contribution in [2.75, 3.05) is 0 Å². The van der Waals surface area contributed by atoms with Crippen LogP contribution < -0.4 is 0 Å². The molecule has 0 aromatic carbocycles. The van der Waals surface area contributed by atoms with Gasteiger partial charge in [-0.05, 0) is 12.0 Å². The lowest BCUT2D eigenvalue weighted by atomic mass is 10.2. The van der Waals surface area contributed by atoms with Crippen LogP contribution in [0.2, 0.25) is 0 Å². The van der Waals surface area contributed by atoms with Gasteiger partial charge in [0.2, 0.25) is 0 Å². The average Bonchev–Trinajstić information content (AvgIpc) is 1.68. The Morgan fingerprint density at radius 1 is 1.71 bits per heavy atom. The van der Waals surface area contributed by atoms with Crippen LogP contribution in [0.15, 0.2) is 24.8 Å². The lowest BCUT2D eigenvalue weighted by Gasteiger charge is -1.81. The first kappa shape index (κ1) is 6.15. The molecule has 38 valence electrons. The van der Waals surface area contributed by atoms with Crippen molar-refractivity contribution in [2.45, 2.75) is 6.42 Å². The molecule has 0 radical (unpaired) electrons. The summed E-state index contributed by atoms with van der Waals surface area (Å²) in [6.07, 6.45) is 2.99. The zero-order chi connectivity index (χ0) is 5.70. The highest BCUT2D eigenvalue weighted by molar-refractivity contribution is 5.72. The van der Waals surface area contributed by atoms with E-state index in [-0.39, 0.29) is 0 Å². The predicted octanol–water partition coefficient (Wildman–Crippen LogP) is 1.32. The molecule has 0 aromatic heterocycles. The van der Waals surface area contributed by atoms with Gasteiger partial charge in [-0.15, -0.1) is 6.58 Å². The lowest BCUT2D eigenvalue weighted by molar-refractivity contribution is -0.104. The summed E-state index contributed by atoms with van der Waals surface area (Å²) in [6.45, 7) is 6.85. The maximum absolute atomic E-state index is 9.75. The SMILES string of the molecule is C=CCC(=C)C=O. The number of carbonyl (C=O) groups is 1. The standard InChI is InChI=1S/C6H8O/c1-3-4-6(2)5-7/h3,5H,1-2,4H2. The molecule has 0 unspecified atom stereocenters. The largest absolute Gasteiger partial charge is 0.298 e. The summed E-state index contributed by atoms with van der Waals surface area (Å²) in [4.78, 5) is 9.75. The van der Waals surface area contributed by atoms with Crippen LogP contribution in [-0.2, 0) is 4.79 Å². The summed E-state index contributed by atoms with van der Waals surface area (Å²) in [6, 6.07) is 0. The van der Waals surface area contributed by atoms with Gasteiger partial charge in [0.15, 0.2) is 0 Å². The van der Waals surface area contributed by atoms with Crippen LogP contribution in [0.1, 0.15) is 6.42 Å². The maximum Gasteiger partial charge on any atom is 0.145 e. The smallest absolute Gasteiger partial charge is 0.145 e. The van der Waals surface area contributed by atoms with Gasteiger partial charge in [-0.1, -0.05) is 12.7 Å². The van der Waals surface area contributed by atoms with Gasteiger partial charge < -0.3 is 0 Å². The molecule has 7 heavy (non-hydrogen) atoms. The zero-order valence-corrected chi connectivity index (χ0v) is 4.18. The average molecular weight is 96.1 g/mol. The van der Waals surface area contributed by atoms with Crippen molar-refractivity contribution in [1.29, 1.82) is 0 Å². The predicted molar refractivity (Wildman–Crippen MR) is 30.0 cm³/mol. The van der Waals surface area contributed by atoms with Gasteiger partial charge in [0.1, 0.15) is 6.29 Å². The van der Waals surface area contributed by atoms with Crippen molar-refractivity contribution in [3.05, 3.63) is 24.8 Å². The van der Waals surface area contributed by atoms with Crippen molar-refractivity contribution in [3.63, 3.8) is 0 Å². The molecule has 0 aliphatic heterocycles. The van der Waals surface area contributed by atoms with E-state index in [9.17, 15) is 4.79 Å². The molecule has 0 rings (SSSR count). The molecule has 0 saturated carbocycles. The van der Waals surface area contributed by atoms with Gasteiger partial charge in [0, 0.05) is 0 Å². The minimum absolute atomic E-state index is 0.579. The highest BCUT2D eigenvalue weighted by Crippen LogP contribution is 1.90. The van der Waals surface area contributed by atoms with Crippen molar-refractivity contribution in [2.24, 2.45) is 0 Å². The van der Waals surface area contributed by atoms with Crippen LogP contribution in [0.25, 0.3) is 0 Å². The fraction of sp³-hybridized carbons (Fsp3) is 0.167. The van der Waals surface area contributed by atoms with Crippen LogP contribution >= 0.6 is 0 Å². The van der Waals surface area contributed by atoms with Crippen LogP contribution in [0.5, 0.6) is 0 Å². The quantitative estimate of drug-likeness (QED) is 0.294. The molecule has 0 spiro atoms. The summed E-state index contributed by atoms with van der Waals surface area (Å²) >= 11 is 0. The highest BCUT2D eigenvalue weighted by atomic mass is 16.1. The molecular formula is C6H8O. The molecule has 0 atom stereocenters. The van der Waals surface area contributed by atoms with Gasteiger partial charge in [-0.3, -0.25) is 4.79 Å². The number of rotatable bonds is 3. The van der Waals surface area contributed by atoms with Crippen LogP contribution in [-0.4, -0.2) is 6.29 Å². The van der Waals surface area contributed by atoms with E-state index in [1.54, 1.807) is 6.08 Å². The first-order valence-electron chi connectivity index (χ1n) is 2.05. The number of allylic oxidation sites excluding steroid dienone is 2. The van der Waals surface area contributed by atoms with Crippen LogP contribution in [0, 0.1) is 0 Å². The van der Waals surface area contributed by atoms with E-state index in [2.05, 4.69) is 13.2 Å². The number of aldehydes is 1. The molecule has 0 N–H and O–H groups in total. The maximum atomic E-state index is 9.75. The molecule has 1 nitrogen and oxygen atoms in total.